The summed E-state index contributed by atoms with van der Waals surface area (Å²) in [6.07, 6.45) is 48.4. The normalized spacial score (nSPS) is 11.6. The van der Waals surface area contributed by atoms with Crippen molar-refractivity contribution in [1.82, 2.24) is 4.90 Å². The molecular weight excluding hydrogens is 602 g/mol. The van der Waals surface area contributed by atoms with E-state index in [4.69, 9.17) is 9.47 Å². The Hall–Kier alpha value is -2.23. The lowest BCUT2D eigenvalue weighted by atomic mass is 10.0. The molecule has 0 N–H and O–H groups in total. The van der Waals surface area contributed by atoms with E-state index < -0.39 is 0 Å². The number of methoxy groups -OCH3 is 2. The topological polar surface area (TPSA) is 38.8 Å². The zero-order valence-electron chi connectivity index (χ0n) is 32.9. The number of hydrogen-bond acceptors (Lipinski definition) is 3. The quantitative estimate of drug-likeness (QED) is 0.0669. The first-order valence-corrected chi connectivity index (χ1v) is 21.1. The molecule has 1 rings (SSSR count). The predicted octanol–water partition coefficient (Wildman–Crippen LogP) is 14.9. The molecule has 0 radical (unpaired) electrons. The van der Waals surface area contributed by atoms with Gasteiger partial charge in [-0.1, -0.05) is 199 Å². The first-order valence-electron chi connectivity index (χ1n) is 21.1. The summed E-state index contributed by atoms with van der Waals surface area (Å²) in [6.45, 7) is 4.58. The summed E-state index contributed by atoms with van der Waals surface area (Å²) in [7, 11) is 3.21. The van der Waals surface area contributed by atoms with E-state index in [1.54, 1.807) is 19.1 Å². The minimum absolute atomic E-state index is 0.122. The van der Waals surface area contributed by atoms with Crippen molar-refractivity contribution in [3.05, 3.63) is 48.3 Å². The zero-order chi connectivity index (χ0) is 35.5. The number of carbonyl (C=O) groups is 1. The lowest BCUT2D eigenvalue weighted by Gasteiger charge is -2.18. The van der Waals surface area contributed by atoms with E-state index in [1.807, 2.05) is 30.6 Å². The number of ether oxygens (including phenoxy) is 2. The Morgan fingerprint density at radius 3 is 1.06 bits per heavy atom. The average molecular weight is 682 g/mol. The molecule has 0 unspecified atom stereocenters. The minimum Gasteiger partial charge on any atom is -0.496 e. The van der Waals surface area contributed by atoms with Gasteiger partial charge in [0, 0.05) is 12.4 Å². The molecule has 0 spiro atoms. The van der Waals surface area contributed by atoms with Gasteiger partial charge in [0.1, 0.15) is 17.1 Å². The fourth-order valence-electron chi connectivity index (χ4n) is 6.67. The van der Waals surface area contributed by atoms with Crippen LogP contribution < -0.4 is 9.47 Å². The van der Waals surface area contributed by atoms with Crippen molar-refractivity contribution in [2.75, 3.05) is 14.2 Å². The van der Waals surface area contributed by atoms with E-state index in [0.717, 1.165) is 25.7 Å². The Bertz CT molecular complexity index is 875. The number of amides is 1. The molecule has 0 saturated carbocycles. The molecule has 1 amide bonds. The standard InChI is InChI=1S/C45H79NO3/c1-5-7-9-11-13-15-17-19-21-23-25-27-29-31-33-35-40-46(45(47)44-42(48-3)38-37-39-43(44)49-4)41-36-34-32-30-28-26-24-22-20-18-16-14-12-10-8-6-2/h35-41H,5-34H2,1-4H3. The molecular formula is C45H79NO3. The minimum atomic E-state index is -0.122. The Balaban J connectivity index is 2.37. The lowest BCUT2D eigenvalue weighted by molar-refractivity contribution is 0.0862. The summed E-state index contributed by atoms with van der Waals surface area (Å²) in [5.74, 6) is 0.953. The second kappa shape index (κ2) is 34.2. The molecule has 282 valence electrons. The summed E-state index contributed by atoms with van der Waals surface area (Å²) in [5.41, 5.74) is 0.467. The van der Waals surface area contributed by atoms with Gasteiger partial charge < -0.3 is 9.47 Å². The van der Waals surface area contributed by atoms with Crippen LogP contribution >= 0.6 is 0 Å². The number of unbranched alkanes of at least 4 members (excludes halogenated alkanes) is 28. The molecule has 4 nitrogen and oxygen atoms in total. The largest absolute Gasteiger partial charge is 0.496 e. The maximum absolute atomic E-state index is 13.8. The van der Waals surface area contributed by atoms with Gasteiger partial charge in [-0.2, -0.15) is 0 Å². The molecule has 0 aliphatic heterocycles. The van der Waals surface area contributed by atoms with E-state index >= 15 is 0 Å². The molecule has 0 aromatic heterocycles. The smallest absolute Gasteiger partial charge is 0.269 e. The van der Waals surface area contributed by atoms with Crippen molar-refractivity contribution in [3.8, 4) is 11.5 Å². The van der Waals surface area contributed by atoms with Gasteiger partial charge in [0.25, 0.3) is 5.91 Å². The second-order valence-electron chi connectivity index (χ2n) is 14.3. The van der Waals surface area contributed by atoms with Crippen LogP contribution in [0.5, 0.6) is 11.5 Å². The van der Waals surface area contributed by atoms with Crippen LogP contribution in [0.15, 0.2) is 42.8 Å². The van der Waals surface area contributed by atoms with Crippen LogP contribution in [0.1, 0.15) is 217 Å². The summed E-state index contributed by atoms with van der Waals surface area (Å²) < 4.78 is 11.1. The molecule has 1 aromatic rings. The van der Waals surface area contributed by atoms with Gasteiger partial charge in [-0.05, 0) is 37.8 Å². The zero-order valence-corrected chi connectivity index (χ0v) is 32.9. The Labute approximate surface area is 304 Å². The van der Waals surface area contributed by atoms with Crippen LogP contribution in [0.4, 0.5) is 0 Å². The summed E-state index contributed by atoms with van der Waals surface area (Å²) in [4.78, 5) is 15.5. The molecule has 49 heavy (non-hydrogen) atoms. The summed E-state index contributed by atoms with van der Waals surface area (Å²) in [5, 5.41) is 0. The SMILES string of the molecule is CCCCCCCCCCCCCCCCC=CN(C=CCCCCCCCCCCCCCCCC)C(=O)c1c(OC)cccc1OC. The molecule has 1 aromatic carbocycles. The fraction of sp³-hybridized carbons (Fsp3) is 0.756. The van der Waals surface area contributed by atoms with Crippen LogP contribution in [0.25, 0.3) is 0 Å². The van der Waals surface area contributed by atoms with Crippen molar-refractivity contribution >= 4 is 5.91 Å². The number of hydrogen-bond donors (Lipinski definition) is 0. The molecule has 0 fully saturated rings. The van der Waals surface area contributed by atoms with Crippen LogP contribution in [0, 0.1) is 0 Å². The van der Waals surface area contributed by atoms with E-state index in [2.05, 4.69) is 26.0 Å². The first kappa shape index (κ1) is 44.8. The van der Waals surface area contributed by atoms with Crippen molar-refractivity contribution < 1.29 is 14.3 Å². The second-order valence-corrected chi connectivity index (χ2v) is 14.3. The summed E-state index contributed by atoms with van der Waals surface area (Å²) >= 11 is 0. The van der Waals surface area contributed by atoms with Gasteiger partial charge in [-0.3, -0.25) is 9.69 Å². The van der Waals surface area contributed by atoms with Gasteiger partial charge in [-0.15, -0.1) is 0 Å². The maximum atomic E-state index is 13.8. The number of carbonyl (C=O) groups excluding carboxylic acids is 1. The van der Waals surface area contributed by atoms with Crippen molar-refractivity contribution in [2.45, 2.75) is 206 Å². The molecule has 0 saturated heterocycles. The molecule has 0 aliphatic carbocycles. The molecule has 0 heterocycles. The highest BCUT2D eigenvalue weighted by Crippen LogP contribution is 2.30. The lowest BCUT2D eigenvalue weighted by Crippen LogP contribution is -2.21. The molecule has 0 bridgehead atoms. The first-order chi connectivity index (χ1) is 24.2. The maximum Gasteiger partial charge on any atom is 0.269 e. The van der Waals surface area contributed by atoms with Crippen molar-refractivity contribution in [3.63, 3.8) is 0 Å². The van der Waals surface area contributed by atoms with Crippen LogP contribution in [-0.4, -0.2) is 25.0 Å². The van der Waals surface area contributed by atoms with E-state index in [-0.39, 0.29) is 5.91 Å². The van der Waals surface area contributed by atoms with E-state index in [9.17, 15) is 4.79 Å². The van der Waals surface area contributed by atoms with Crippen LogP contribution in [0.3, 0.4) is 0 Å². The van der Waals surface area contributed by atoms with E-state index in [0.29, 0.717) is 17.1 Å². The highest BCUT2D eigenvalue weighted by Gasteiger charge is 2.21. The van der Waals surface area contributed by atoms with Crippen LogP contribution in [0.2, 0.25) is 0 Å². The van der Waals surface area contributed by atoms with E-state index in [1.165, 1.54) is 167 Å². The monoisotopic (exact) mass is 682 g/mol. The number of allylic oxidation sites excluding steroid dienone is 2. The Morgan fingerprint density at radius 1 is 0.490 bits per heavy atom. The Morgan fingerprint density at radius 2 is 0.776 bits per heavy atom. The van der Waals surface area contributed by atoms with Gasteiger partial charge in [0.15, 0.2) is 0 Å². The third kappa shape index (κ3) is 24.5. The van der Waals surface area contributed by atoms with Gasteiger partial charge in [0.2, 0.25) is 0 Å². The number of rotatable bonds is 35. The molecule has 0 aliphatic rings. The highest BCUT2D eigenvalue weighted by molar-refractivity contribution is 6.00. The number of nitrogens with zero attached hydrogens (tertiary/aromatic N) is 1. The fourth-order valence-corrected chi connectivity index (χ4v) is 6.67. The molecule has 4 heteroatoms. The van der Waals surface area contributed by atoms with Gasteiger partial charge in [0.05, 0.1) is 14.2 Å². The van der Waals surface area contributed by atoms with Crippen LogP contribution in [-0.2, 0) is 0 Å². The van der Waals surface area contributed by atoms with Crippen molar-refractivity contribution in [1.29, 1.82) is 0 Å². The molecule has 0 atom stereocenters. The predicted molar refractivity (Wildman–Crippen MR) is 214 cm³/mol. The third-order valence-corrected chi connectivity index (χ3v) is 9.86. The van der Waals surface area contributed by atoms with Gasteiger partial charge in [-0.25, -0.2) is 0 Å². The Kier molecular flexibility index (Phi) is 31.3. The third-order valence-electron chi connectivity index (χ3n) is 9.86. The number of benzene rings is 1. The summed E-state index contributed by atoms with van der Waals surface area (Å²) in [6, 6.07) is 5.50. The average Bonchev–Trinajstić information content (AvgIpc) is 3.12. The van der Waals surface area contributed by atoms with Gasteiger partial charge >= 0.3 is 0 Å². The highest BCUT2D eigenvalue weighted by atomic mass is 16.5. The van der Waals surface area contributed by atoms with Crippen molar-refractivity contribution in [2.24, 2.45) is 0 Å².